The van der Waals surface area contributed by atoms with Gasteiger partial charge >= 0.3 is 0 Å². The minimum absolute atomic E-state index is 0.0264. The normalized spacial score (nSPS) is 25.1. The molecule has 0 amide bonds. The van der Waals surface area contributed by atoms with Crippen molar-refractivity contribution < 1.29 is 16.8 Å². The summed E-state index contributed by atoms with van der Waals surface area (Å²) in [5.41, 5.74) is 0. The Bertz CT molecular complexity index is 652. The summed E-state index contributed by atoms with van der Waals surface area (Å²) >= 11 is 6.48. The van der Waals surface area contributed by atoms with Crippen molar-refractivity contribution in [1.29, 1.82) is 0 Å². The third-order valence-corrected chi connectivity index (χ3v) is 7.99. The van der Waals surface area contributed by atoms with Crippen LogP contribution < -0.4 is 0 Å². The molecule has 1 saturated heterocycles. The van der Waals surface area contributed by atoms with Gasteiger partial charge in [0, 0.05) is 12.6 Å². The molecule has 0 spiro atoms. The highest BCUT2D eigenvalue weighted by Crippen LogP contribution is 2.28. The minimum Gasteiger partial charge on any atom is -0.232 e. The van der Waals surface area contributed by atoms with Crippen LogP contribution in [-0.2, 0) is 19.9 Å². The van der Waals surface area contributed by atoms with E-state index in [1.165, 1.54) is 10.5 Å². The Morgan fingerprint density at radius 3 is 2.72 bits per heavy atom. The fourth-order valence-electron chi connectivity index (χ4n) is 1.81. The lowest BCUT2D eigenvalue weighted by Gasteiger charge is -2.31. The van der Waals surface area contributed by atoms with Crippen LogP contribution in [0, 0.1) is 0 Å². The van der Waals surface area contributed by atoms with Gasteiger partial charge in [0.05, 0.1) is 17.7 Å². The first-order valence-corrected chi connectivity index (χ1v) is 9.51. The van der Waals surface area contributed by atoms with Crippen LogP contribution in [0.25, 0.3) is 0 Å². The van der Waals surface area contributed by atoms with E-state index in [2.05, 4.69) is 4.98 Å². The molecule has 10 heteroatoms. The van der Waals surface area contributed by atoms with Crippen LogP contribution in [0.3, 0.4) is 0 Å². The van der Waals surface area contributed by atoms with Crippen LogP contribution in [0.1, 0.15) is 6.92 Å². The Morgan fingerprint density at radius 2 is 2.22 bits per heavy atom. The van der Waals surface area contributed by atoms with E-state index in [1.54, 1.807) is 6.92 Å². The second kappa shape index (κ2) is 4.71. The maximum absolute atomic E-state index is 12.3. The van der Waals surface area contributed by atoms with E-state index in [4.69, 9.17) is 11.6 Å². The summed E-state index contributed by atoms with van der Waals surface area (Å²) < 4.78 is 48.8. The van der Waals surface area contributed by atoms with E-state index in [0.717, 1.165) is 11.3 Å². The predicted molar refractivity (Wildman–Crippen MR) is 69.1 cm³/mol. The lowest BCUT2D eigenvalue weighted by Crippen LogP contribution is -2.49. The summed E-state index contributed by atoms with van der Waals surface area (Å²) in [5, 5.41) is 0. The van der Waals surface area contributed by atoms with Gasteiger partial charge in [-0.05, 0) is 6.92 Å². The third kappa shape index (κ3) is 2.69. The number of sulfonamides is 1. The summed E-state index contributed by atoms with van der Waals surface area (Å²) in [7, 11) is -6.85. The van der Waals surface area contributed by atoms with Crippen molar-refractivity contribution in [2.45, 2.75) is 17.2 Å². The van der Waals surface area contributed by atoms with Gasteiger partial charge < -0.3 is 0 Å². The summed E-state index contributed by atoms with van der Waals surface area (Å²) in [6.45, 7) is 1.55. The first-order chi connectivity index (χ1) is 8.22. The zero-order valence-electron chi connectivity index (χ0n) is 9.41. The molecular formula is C8H11ClN2O4S3. The largest absolute Gasteiger partial charge is 0.254 e. The number of aromatic nitrogens is 1. The molecule has 1 atom stereocenters. The van der Waals surface area contributed by atoms with Crippen molar-refractivity contribution in [3.63, 3.8) is 0 Å². The lowest BCUT2D eigenvalue weighted by atomic mass is 10.4. The van der Waals surface area contributed by atoms with E-state index < -0.39 is 25.9 Å². The van der Waals surface area contributed by atoms with E-state index in [-0.39, 0.29) is 26.7 Å². The molecule has 102 valence electrons. The standard InChI is InChI=1S/C8H11ClN2O4S3/c1-6-5-17(12,13)3-2-11(6)18(14,15)7-4-10-8(9)16-7/h4,6H,2-3,5H2,1H3. The topological polar surface area (TPSA) is 84.4 Å². The average molecular weight is 331 g/mol. The van der Waals surface area contributed by atoms with Crippen molar-refractivity contribution in [2.24, 2.45) is 0 Å². The van der Waals surface area contributed by atoms with E-state index in [9.17, 15) is 16.8 Å². The van der Waals surface area contributed by atoms with Gasteiger partial charge in [-0.2, -0.15) is 4.31 Å². The number of halogens is 1. The van der Waals surface area contributed by atoms with Gasteiger partial charge in [-0.25, -0.2) is 21.8 Å². The number of rotatable bonds is 2. The van der Waals surface area contributed by atoms with Crippen molar-refractivity contribution in [3.8, 4) is 0 Å². The molecule has 1 aromatic rings. The molecule has 0 saturated carbocycles. The quantitative estimate of drug-likeness (QED) is 0.793. The van der Waals surface area contributed by atoms with Gasteiger partial charge in [-0.15, -0.1) is 0 Å². The van der Waals surface area contributed by atoms with Gasteiger partial charge in [0.25, 0.3) is 10.0 Å². The zero-order valence-corrected chi connectivity index (χ0v) is 12.6. The Labute approximate surface area is 115 Å². The summed E-state index contributed by atoms with van der Waals surface area (Å²) in [4.78, 5) is 3.69. The molecule has 0 bridgehead atoms. The number of hydrogen-bond donors (Lipinski definition) is 0. The lowest BCUT2D eigenvalue weighted by molar-refractivity contribution is 0.357. The van der Waals surface area contributed by atoms with Crippen molar-refractivity contribution in [3.05, 3.63) is 10.7 Å². The van der Waals surface area contributed by atoms with Crippen LogP contribution in [0.4, 0.5) is 0 Å². The molecule has 0 aliphatic carbocycles. The van der Waals surface area contributed by atoms with Gasteiger partial charge in [0.1, 0.15) is 0 Å². The van der Waals surface area contributed by atoms with Crippen molar-refractivity contribution >= 4 is 42.8 Å². The number of sulfone groups is 1. The third-order valence-electron chi connectivity index (χ3n) is 2.63. The second-order valence-electron chi connectivity index (χ2n) is 4.01. The summed E-state index contributed by atoms with van der Waals surface area (Å²) in [6.07, 6.45) is 1.19. The smallest absolute Gasteiger partial charge is 0.232 e. The molecule has 2 rings (SSSR count). The number of thiazole rings is 1. The Hall–Kier alpha value is -0.220. The van der Waals surface area contributed by atoms with Crippen molar-refractivity contribution in [1.82, 2.24) is 9.29 Å². The van der Waals surface area contributed by atoms with E-state index >= 15 is 0 Å². The maximum atomic E-state index is 12.3. The molecule has 2 heterocycles. The van der Waals surface area contributed by atoms with E-state index in [1.807, 2.05) is 0 Å². The fourth-order valence-corrected chi connectivity index (χ4v) is 6.64. The van der Waals surface area contributed by atoms with Gasteiger partial charge in [0.15, 0.2) is 18.5 Å². The predicted octanol–water partition coefficient (Wildman–Crippen LogP) is 0.604. The summed E-state index contributed by atoms with van der Waals surface area (Å²) in [6, 6.07) is -0.574. The Kier molecular flexibility index (Phi) is 3.72. The fraction of sp³-hybridized carbons (Fsp3) is 0.625. The summed E-state index contributed by atoms with van der Waals surface area (Å²) in [5.74, 6) is -0.304. The zero-order chi connectivity index (χ0) is 13.6. The minimum atomic E-state index is -3.70. The van der Waals surface area contributed by atoms with Gasteiger partial charge in [-0.3, -0.25) is 0 Å². The van der Waals surface area contributed by atoms with Gasteiger partial charge in [-0.1, -0.05) is 22.9 Å². The van der Waals surface area contributed by atoms with Crippen molar-refractivity contribution in [2.75, 3.05) is 18.1 Å². The Morgan fingerprint density at radius 1 is 1.56 bits per heavy atom. The van der Waals surface area contributed by atoms with Crippen LogP contribution in [0.5, 0.6) is 0 Å². The molecule has 1 aromatic heterocycles. The molecule has 18 heavy (non-hydrogen) atoms. The maximum Gasteiger partial charge on any atom is 0.254 e. The number of hydrogen-bond acceptors (Lipinski definition) is 6. The first kappa shape index (κ1) is 14.2. The molecule has 1 aliphatic rings. The van der Waals surface area contributed by atoms with Crippen LogP contribution in [-0.4, -0.2) is 50.2 Å². The monoisotopic (exact) mass is 330 g/mol. The van der Waals surface area contributed by atoms with E-state index in [0.29, 0.717) is 0 Å². The molecular weight excluding hydrogens is 320 g/mol. The highest BCUT2D eigenvalue weighted by Gasteiger charge is 2.37. The molecule has 6 nitrogen and oxygen atoms in total. The van der Waals surface area contributed by atoms with Crippen LogP contribution in [0.2, 0.25) is 4.47 Å². The molecule has 1 unspecified atom stereocenters. The number of nitrogens with zero attached hydrogens (tertiary/aromatic N) is 2. The SMILES string of the molecule is CC1CS(=O)(=O)CCN1S(=O)(=O)c1cnc(Cl)s1. The Balaban J connectivity index is 2.32. The molecule has 1 aliphatic heterocycles. The average Bonchev–Trinajstić information content (AvgIpc) is 2.63. The van der Waals surface area contributed by atoms with Crippen LogP contribution in [0.15, 0.2) is 10.4 Å². The molecule has 0 aromatic carbocycles. The van der Waals surface area contributed by atoms with Gasteiger partial charge in [0.2, 0.25) is 0 Å². The molecule has 0 N–H and O–H groups in total. The first-order valence-electron chi connectivity index (χ1n) is 5.06. The highest BCUT2D eigenvalue weighted by molar-refractivity contribution is 7.92. The molecule has 1 fully saturated rings. The highest BCUT2D eigenvalue weighted by atomic mass is 35.5. The van der Waals surface area contributed by atoms with Crippen LogP contribution >= 0.6 is 22.9 Å². The molecule has 0 radical (unpaired) electrons. The second-order valence-corrected chi connectivity index (χ2v) is 9.97.